The van der Waals surface area contributed by atoms with E-state index in [1.54, 1.807) is 5.56 Å². The standard InChI is InChI=1S/C23H20N.Ir/c1-2-5-16(6-3-1)19-7-4-8-20(13-19)23-14-21-17-9-11-18(12-10-17)22(21)15-24-23;/h1-7,13-15,17-18H,9-12H2;/q-1;. The zero-order valence-electron chi connectivity index (χ0n) is 14.0. The van der Waals surface area contributed by atoms with E-state index in [0.29, 0.717) is 0 Å². The number of nitrogens with zero attached hydrogens (tertiary/aromatic N) is 1. The number of hydrogen-bond donors (Lipinski definition) is 0. The Morgan fingerprint density at radius 1 is 0.800 bits per heavy atom. The molecule has 1 nitrogen and oxygen atoms in total. The summed E-state index contributed by atoms with van der Waals surface area (Å²) in [6.45, 7) is 0. The van der Waals surface area contributed by atoms with E-state index in [4.69, 9.17) is 4.98 Å². The van der Waals surface area contributed by atoms with Crippen molar-refractivity contribution in [3.05, 3.63) is 78.0 Å². The molecule has 0 amide bonds. The summed E-state index contributed by atoms with van der Waals surface area (Å²) in [5.41, 5.74) is 7.70. The fourth-order valence-electron chi connectivity index (χ4n) is 4.46. The van der Waals surface area contributed by atoms with Gasteiger partial charge >= 0.3 is 0 Å². The van der Waals surface area contributed by atoms with Crippen molar-refractivity contribution >= 4 is 0 Å². The van der Waals surface area contributed by atoms with Crippen molar-refractivity contribution in [3.63, 3.8) is 0 Å². The summed E-state index contributed by atoms with van der Waals surface area (Å²) in [5.74, 6) is 1.51. The van der Waals surface area contributed by atoms with Crippen LogP contribution in [-0.2, 0) is 20.1 Å². The second-order valence-corrected chi connectivity index (χ2v) is 7.10. The Labute approximate surface area is 162 Å². The number of pyridine rings is 1. The van der Waals surface area contributed by atoms with Gasteiger partial charge in [0.15, 0.2) is 0 Å². The van der Waals surface area contributed by atoms with Gasteiger partial charge in [0, 0.05) is 26.3 Å². The average molecular weight is 503 g/mol. The Hall–Kier alpha value is -1.76. The van der Waals surface area contributed by atoms with Gasteiger partial charge in [-0.15, -0.1) is 35.4 Å². The Balaban J connectivity index is 0.00000157. The summed E-state index contributed by atoms with van der Waals surface area (Å²) in [6.07, 6.45) is 7.57. The van der Waals surface area contributed by atoms with Crippen LogP contribution >= 0.6 is 0 Å². The van der Waals surface area contributed by atoms with Crippen LogP contribution in [0.3, 0.4) is 0 Å². The van der Waals surface area contributed by atoms with Gasteiger partial charge in [-0.2, -0.15) is 0 Å². The zero-order chi connectivity index (χ0) is 15.9. The van der Waals surface area contributed by atoms with Crippen molar-refractivity contribution in [1.29, 1.82) is 0 Å². The molecule has 1 saturated carbocycles. The molecule has 0 unspecified atom stereocenters. The van der Waals surface area contributed by atoms with Crippen LogP contribution in [0.4, 0.5) is 0 Å². The van der Waals surface area contributed by atoms with Gasteiger partial charge in [-0.3, -0.25) is 0 Å². The summed E-state index contributed by atoms with van der Waals surface area (Å²) in [7, 11) is 0. The molecular weight excluding hydrogens is 482 g/mol. The zero-order valence-corrected chi connectivity index (χ0v) is 16.4. The molecule has 3 aromatic rings. The van der Waals surface area contributed by atoms with Gasteiger partial charge in [-0.25, -0.2) is 0 Å². The van der Waals surface area contributed by atoms with Crippen LogP contribution in [0.5, 0.6) is 0 Å². The molecule has 2 bridgehead atoms. The Morgan fingerprint density at radius 2 is 1.52 bits per heavy atom. The minimum Gasteiger partial charge on any atom is -0.304 e. The van der Waals surface area contributed by atoms with Crippen LogP contribution in [0.25, 0.3) is 22.4 Å². The molecule has 25 heavy (non-hydrogen) atoms. The average Bonchev–Trinajstić information content (AvgIpc) is 2.69. The van der Waals surface area contributed by atoms with E-state index < -0.39 is 0 Å². The maximum absolute atomic E-state index is 4.78. The molecule has 1 radical (unpaired) electrons. The van der Waals surface area contributed by atoms with Gasteiger partial charge in [0.1, 0.15) is 0 Å². The van der Waals surface area contributed by atoms with Crippen molar-refractivity contribution < 1.29 is 20.1 Å². The maximum atomic E-state index is 4.78. The predicted molar refractivity (Wildman–Crippen MR) is 97.9 cm³/mol. The van der Waals surface area contributed by atoms with E-state index in [1.165, 1.54) is 42.4 Å². The number of hydrogen-bond acceptors (Lipinski definition) is 1. The van der Waals surface area contributed by atoms with E-state index in [2.05, 4.69) is 60.8 Å². The van der Waals surface area contributed by atoms with Gasteiger partial charge in [-0.05, 0) is 59.9 Å². The molecule has 1 aromatic heterocycles. The fraction of sp³-hybridized carbons (Fsp3) is 0.261. The number of fused-ring (bicyclic) bond motifs is 2. The van der Waals surface area contributed by atoms with Gasteiger partial charge in [0.25, 0.3) is 0 Å². The van der Waals surface area contributed by atoms with Crippen LogP contribution in [0.15, 0.2) is 60.8 Å². The van der Waals surface area contributed by atoms with E-state index in [9.17, 15) is 0 Å². The molecule has 0 N–H and O–H groups in total. The quantitative estimate of drug-likeness (QED) is 0.394. The van der Waals surface area contributed by atoms with Crippen LogP contribution in [0, 0.1) is 6.07 Å². The largest absolute Gasteiger partial charge is 0.304 e. The van der Waals surface area contributed by atoms with E-state index in [1.807, 2.05) is 6.07 Å². The second-order valence-electron chi connectivity index (χ2n) is 7.10. The number of rotatable bonds is 2. The molecule has 127 valence electrons. The predicted octanol–water partition coefficient (Wildman–Crippen LogP) is 5.97. The molecule has 3 aliphatic carbocycles. The molecule has 0 saturated heterocycles. The minimum absolute atomic E-state index is 0. The van der Waals surface area contributed by atoms with Crippen LogP contribution < -0.4 is 0 Å². The Bertz CT molecular complexity index is 880. The first-order valence-corrected chi connectivity index (χ1v) is 8.96. The van der Waals surface area contributed by atoms with Gasteiger partial charge in [-0.1, -0.05) is 36.4 Å². The van der Waals surface area contributed by atoms with Crippen LogP contribution in [0.2, 0.25) is 0 Å². The Morgan fingerprint density at radius 3 is 2.28 bits per heavy atom. The molecule has 2 heteroatoms. The Kier molecular flexibility index (Phi) is 4.58. The van der Waals surface area contributed by atoms with Crippen molar-refractivity contribution in [2.24, 2.45) is 0 Å². The van der Waals surface area contributed by atoms with E-state index >= 15 is 0 Å². The summed E-state index contributed by atoms with van der Waals surface area (Å²) in [5, 5.41) is 0. The van der Waals surface area contributed by atoms with Crippen molar-refractivity contribution in [1.82, 2.24) is 4.98 Å². The van der Waals surface area contributed by atoms with Crippen LogP contribution in [-0.4, -0.2) is 4.98 Å². The molecule has 0 spiro atoms. The first kappa shape index (κ1) is 16.7. The van der Waals surface area contributed by atoms with Crippen molar-refractivity contribution in [3.8, 4) is 22.4 Å². The summed E-state index contributed by atoms with van der Waals surface area (Å²) < 4.78 is 0. The van der Waals surface area contributed by atoms with Crippen LogP contribution in [0.1, 0.15) is 48.6 Å². The molecule has 1 heterocycles. The molecular formula is C23H20IrN-. The monoisotopic (exact) mass is 503 g/mol. The first-order valence-electron chi connectivity index (χ1n) is 8.96. The second kappa shape index (κ2) is 6.86. The van der Waals surface area contributed by atoms with Gasteiger partial charge < -0.3 is 4.98 Å². The normalized spacial score (nSPS) is 20.6. The molecule has 3 aliphatic rings. The fourth-order valence-corrected chi connectivity index (χ4v) is 4.46. The smallest absolute Gasteiger partial charge is 0.0198 e. The molecule has 6 rings (SSSR count). The van der Waals surface area contributed by atoms with E-state index in [0.717, 1.165) is 23.1 Å². The molecule has 2 aromatic carbocycles. The third-order valence-electron chi connectivity index (χ3n) is 5.76. The third kappa shape index (κ3) is 2.99. The molecule has 1 fully saturated rings. The summed E-state index contributed by atoms with van der Waals surface area (Å²) in [4.78, 5) is 4.78. The van der Waals surface area contributed by atoms with E-state index in [-0.39, 0.29) is 20.1 Å². The maximum Gasteiger partial charge on any atom is 0.0198 e. The summed E-state index contributed by atoms with van der Waals surface area (Å²) in [6, 6.07) is 22.6. The summed E-state index contributed by atoms with van der Waals surface area (Å²) >= 11 is 0. The SMILES string of the molecule is [Ir].[c-]1ccc(-c2ccccc2)cc1-c1cc2c(cn1)C1CCC2CC1. The van der Waals surface area contributed by atoms with Crippen molar-refractivity contribution in [2.45, 2.75) is 37.5 Å². The van der Waals surface area contributed by atoms with Gasteiger partial charge in [0.05, 0.1) is 0 Å². The first-order chi connectivity index (χ1) is 11.9. The topological polar surface area (TPSA) is 12.9 Å². The molecule has 0 atom stereocenters. The number of aromatic nitrogens is 1. The molecule has 0 aliphatic heterocycles. The number of benzene rings is 2. The third-order valence-corrected chi connectivity index (χ3v) is 5.76. The minimum atomic E-state index is 0. The van der Waals surface area contributed by atoms with Gasteiger partial charge in [0.2, 0.25) is 0 Å². The van der Waals surface area contributed by atoms with Crippen molar-refractivity contribution in [2.75, 3.05) is 0 Å².